The van der Waals surface area contributed by atoms with Gasteiger partial charge in [-0.15, -0.1) is 0 Å². The lowest BCUT2D eigenvalue weighted by Gasteiger charge is -2.14. The first-order chi connectivity index (χ1) is 7.02. The van der Waals surface area contributed by atoms with Crippen molar-refractivity contribution < 1.29 is 14.6 Å². The molecule has 1 aromatic rings. The van der Waals surface area contributed by atoms with Gasteiger partial charge in [-0.3, -0.25) is 4.79 Å². The molecule has 82 valence electrons. The maximum absolute atomic E-state index is 11.5. The van der Waals surface area contributed by atoms with Crippen LogP contribution >= 0.6 is 0 Å². The molecule has 0 unspecified atom stereocenters. The number of ketones is 1. The van der Waals surface area contributed by atoms with Crippen molar-refractivity contribution in [1.82, 2.24) is 0 Å². The molecule has 0 aromatic heterocycles. The van der Waals surface area contributed by atoms with E-state index in [2.05, 4.69) is 0 Å². The van der Waals surface area contributed by atoms with Crippen molar-refractivity contribution >= 4 is 5.78 Å². The third kappa shape index (κ3) is 2.02. The molecule has 0 spiro atoms. The third-order valence-electron chi connectivity index (χ3n) is 2.61. The van der Waals surface area contributed by atoms with E-state index in [1.54, 1.807) is 0 Å². The number of benzene rings is 1. The van der Waals surface area contributed by atoms with Gasteiger partial charge in [-0.1, -0.05) is 6.07 Å². The van der Waals surface area contributed by atoms with Gasteiger partial charge in [0.2, 0.25) is 0 Å². The van der Waals surface area contributed by atoms with Gasteiger partial charge in [-0.2, -0.15) is 0 Å². The molecule has 3 heteroatoms. The summed E-state index contributed by atoms with van der Waals surface area (Å²) in [6.45, 7) is 5.23. The lowest BCUT2D eigenvalue weighted by Crippen LogP contribution is -2.10. The first-order valence-electron chi connectivity index (χ1n) is 4.81. The number of aryl methyl sites for hydroxylation is 2. The highest BCUT2D eigenvalue weighted by molar-refractivity contribution is 6.01. The lowest BCUT2D eigenvalue weighted by atomic mass is 9.96. The molecule has 0 saturated heterocycles. The molecule has 0 radical (unpaired) electrons. The Labute approximate surface area is 89.7 Å². The van der Waals surface area contributed by atoms with E-state index in [0.29, 0.717) is 11.3 Å². The quantitative estimate of drug-likeness (QED) is 0.770. The lowest BCUT2D eigenvalue weighted by molar-refractivity contribution is 0.0900. The normalized spacial score (nSPS) is 10.2. The first kappa shape index (κ1) is 11.7. The van der Waals surface area contributed by atoms with Gasteiger partial charge in [-0.05, 0) is 37.5 Å². The summed E-state index contributed by atoms with van der Waals surface area (Å²) in [6.07, 6.45) is 0. The highest BCUT2D eigenvalue weighted by atomic mass is 16.5. The molecule has 0 saturated carbocycles. The van der Waals surface area contributed by atoms with Gasteiger partial charge in [0.25, 0.3) is 0 Å². The smallest absolute Gasteiger partial charge is 0.192 e. The zero-order valence-electron chi connectivity index (χ0n) is 9.55. The predicted octanol–water partition coefficient (Wildman–Crippen LogP) is 1.80. The summed E-state index contributed by atoms with van der Waals surface area (Å²) in [5.41, 5.74) is 3.36. The van der Waals surface area contributed by atoms with Gasteiger partial charge >= 0.3 is 0 Å². The molecular weight excluding hydrogens is 192 g/mol. The molecule has 0 fully saturated rings. The summed E-state index contributed by atoms with van der Waals surface area (Å²) in [6, 6.07) is 1.93. The molecular formula is C12H16O3. The number of carbonyl (C=O) groups excluding carboxylic acids is 1. The average molecular weight is 208 g/mol. The van der Waals surface area contributed by atoms with Crippen molar-refractivity contribution in [3.8, 4) is 5.75 Å². The van der Waals surface area contributed by atoms with Crippen molar-refractivity contribution in [1.29, 1.82) is 0 Å². The standard InChI is InChI=1S/C12H16O3/c1-7-5-8(2)11(10(14)6-13)12(15-4)9(7)3/h5,13H,6H2,1-4H3. The maximum atomic E-state index is 11.5. The van der Waals surface area contributed by atoms with Crippen molar-refractivity contribution in [3.63, 3.8) is 0 Å². The van der Waals surface area contributed by atoms with Crippen LogP contribution in [-0.4, -0.2) is 24.6 Å². The van der Waals surface area contributed by atoms with E-state index in [1.807, 2.05) is 26.8 Å². The molecule has 0 aliphatic carbocycles. The van der Waals surface area contributed by atoms with Crippen LogP contribution in [0.2, 0.25) is 0 Å². The Hall–Kier alpha value is -1.35. The number of methoxy groups -OCH3 is 1. The van der Waals surface area contributed by atoms with Crippen LogP contribution in [0, 0.1) is 20.8 Å². The molecule has 0 amide bonds. The summed E-state index contributed by atoms with van der Waals surface area (Å²) >= 11 is 0. The Morgan fingerprint density at radius 1 is 1.33 bits per heavy atom. The third-order valence-corrected chi connectivity index (χ3v) is 2.61. The zero-order chi connectivity index (χ0) is 11.6. The fourth-order valence-corrected chi connectivity index (χ4v) is 1.73. The Bertz CT molecular complexity index is 394. The molecule has 1 aromatic carbocycles. The van der Waals surface area contributed by atoms with Crippen LogP contribution in [0.25, 0.3) is 0 Å². The van der Waals surface area contributed by atoms with E-state index in [9.17, 15) is 4.79 Å². The van der Waals surface area contributed by atoms with Crippen LogP contribution in [0.4, 0.5) is 0 Å². The fourth-order valence-electron chi connectivity index (χ4n) is 1.73. The Balaban J connectivity index is 3.49. The number of ether oxygens (including phenoxy) is 1. The van der Waals surface area contributed by atoms with Gasteiger partial charge in [0, 0.05) is 0 Å². The van der Waals surface area contributed by atoms with Crippen LogP contribution in [0.3, 0.4) is 0 Å². The molecule has 0 aliphatic rings. The summed E-state index contributed by atoms with van der Waals surface area (Å²) in [4.78, 5) is 11.5. The number of Topliss-reactive ketones (excluding diaryl/α,β-unsaturated/α-hetero) is 1. The van der Waals surface area contributed by atoms with Crippen LogP contribution in [-0.2, 0) is 0 Å². The maximum Gasteiger partial charge on any atom is 0.192 e. The van der Waals surface area contributed by atoms with E-state index in [1.165, 1.54) is 7.11 Å². The molecule has 15 heavy (non-hydrogen) atoms. The second-order valence-electron chi connectivity index (χ2n) is 3.62. The molecule has 1 N–H and O–H groups in total. The van der Waals surface area contributed by atoms with Gasteiger partial charge in [0.1, 0.15) is 12.4 Å². The zero-order valence-corrected chi connectivity index (χ0v) is 9.55. The van der Waals surface area contributed by atoms with Gasteiger partial charge in [0.15, 0.2) is 5.78 Å². The minimum absolute atomic E-state index is 0.299. The first-order valence-corrected chi connectivity index (χ1v) is 4.81. The van der Waals surface area contributed by atoms with Crippen LogP contribution in [0.5, 0.6) is 5.75 Å². The molecule has 1 rings (SSSR count). The van der Waals surface area contributed by atoms with Crippen LogP contribution in [0.1, 0.15) is 27.0 Å². The van der Waals surface area contributed by atoms with Crippen molar-refractivity contribution in [2.24, 2.45) is 0 Å². The topological polar surface area (TPSA) is 46.5 Å². The molecule has 0 aliphatic heterocycles. The minimum Gasteiger partial charge on any atom is -0.496 e. The molecule has 3 nitrogen and oxygen atoms in total. The molecule has 0 atom stereocenters. The van der Waals surface area contributed by atoms with Crippen molar-refractivity contribution in [2.75, 3.05) is 13.7 Å². The van der Waals surface area contributed by atoms with Gasteiger partial charge in [0.05, 0.1) is 12.7 Å². The van der Waals surface area contributed by atoms with E-state index < -0.39 is 6.61 Å². The van der Waals surface area contributed by atoms with Crippen LogP contribution < -0.4 is 4.74 Å². The van der Waals surface area contributed by atoms with E-state index in [-0.39, 0.29) is 5.78 Å². The number of aliphatic hydroxyl groups is 1. The van der Waals surface area contributed by atoms with Crippen molar-refractivity contribution in [3.05, 3.63) is 28.3 Å². The number of rotatable bonds is 3. The number of aliphatic hydroxyl groups excluding tert-OH is 1. The molecule has 0 bridgehead atoms. The summed E-state index contributed by atoms with van der Waals surface area (Å²) in [7, 11) is 1.54. The predicted molar refractivity (Wildman–Crippen MR) is 58.6 cm³/mol. The summed E-state index contributed by atoms with van der Waals surface area (Å²) in [5, 5.41) is 8.89. The fraction of sp³-hybridized carbons (Fsp3) is 0.417. The largest absolute Gasteiger partial charge is 0.496 e. The monoisotopic (exact) mass is 208 g/mol. The van der Waals surface area contributed by atoms with E-state index in [4.69, 9.17) is 9.84 Å². The number of hydrogen-bond acceptors (Lipinski definition) is 3. The van der Waals surface area contributed by atoms with E-state index >= 15 is 0 Å². The highest BCUT2D eigenvalue weighted by Gasteiger charge is 2.17. The second-order valence-corrected chi connectivity index (χ2v) is 3.62. The van der Waals surface area contributed by atoms with Gasteiger partial charge in [-0.25, -0.2) is 0 Å². The summed E-state index contributed by atoms with van der Waals surface area (Å²) in [5.74, 6) is 0.277. The Morgan fingerprint density at radius 3 is 2.40 bits per heavy atom. The number of hydrogen-bond donors (Lipinski definition) is 1. The average Bonchev–Trinajstić information content (AvgIpc) is 2.21. The van der Waals surface area contributed by atoms with E-state index in [0.717, 1.165) is 16.7 Å². The Kier molecular flexibility index (Phi) is 3.48. The van der Waals surface area contributed by atoms with Crippen molar-refractivity contribution in [2.45, 2.75) is 20.8 Å². The van der Waals surface area contributed by atoms with Crippen LogP contribution in [0.15, 0.2) is 6.07 Å². The molecule has 0 heterocycles. The minimum atomic E-state index is -0.486. The number of carbonyl (C=O) groups is 1. The Morgan fingerprint density at radius 2 is 1.93 bits per heavy atom. The second kappa shape index (κ2) is 4.45. The van der Waals surface area contributed by atoms with Gasteiger partial charge < -0.3 is 9.84 Å². The SMILES string of the molecule is COc1c(C)c(C)cc(C)c1C(=O)CO. The summed E-state index contributed by atoms with van der Waals surface area (Å²) < 4.78 is 5.23. The highest BCUT2D eigenvalue weighted by Crippen LogP contribution is 2.29.